The van der Waals surface area contributed by atoms with E-state index in [0.717, 1.165) is 12.8 Å². The number of aliphatic hydroxyl groups is 1. The van der Waals surface area contributed by atoms with Crippen LogP contribution in [0.1, 0.15) is 36.0 Å². The van der Waals surface area contributed by atoms with Gasteiger partial charge in [0.05, 0.1) is 11.0 Å². The van der Waals surface area contributed by atoms with E-state index in [1.165, 1.54) is 18.2 Å². The Balaban J connectivity index is 2.06. The number of carbonyl (C=O) groups excluding carboxylic acids is 1. The van der Waals surface area contributed by atoms with Crippen molar-refractivity contribution in [3.05, 3.63) is 33.9 Å². The number of hydrogen-bond acceptors (Lipinski definition) is 5. The summed E-state index contributed by atoms with van der Waals surface area (Å²) in [6.45, 7) is 0. The van der Waals surface area contributed by atoms with Crippen LogP contribution in [0.25, 0.3) is 0 Å². The first kappa shape index (κ1) is 13.8. The zero-order valence-electron chi connectivity index (χ0n) is 11.4. The molecule has 112 valence electrons. The quantitative estimate of drug-likeness (QED) is 0.642. The molecule has 0 saturated carbocycles. The van der Waals surface area contributed by atoms with Crippen molar-refractivity contribution in [1.82, 2.24) is 0 Å². The molecule has 1 aromatic rings. The Morgan fingerprint density at radius 3 is 2.48 bits per heavy atom. The van der Waals surface area contributed by atoms with E-state index in [4.69, 9.17) is 5.73 Å². The first-order valence-corrected chi connectivity index (χ1v) is 7.02. The van der Waals surface area contributed by atoms with Crippen LogP contribution < -0.4 is 10.6 Å². The monoisotopic (exact) mass is 291 g/mol. The number of benzene rings is 1. The van der Waals surface area contributed by atoms with Crippen LogP contribution >= 0.6 is 0 Å². The minimum atomic E-state index is -0.601. The number of aliphatic hydroxyl groups excluding tert-OH is 1. The zero-order chi connectivity index (χ0) is 15.1. The summed E-state index contributed by atoms with van der Waals surface area (Å²) >= 11 is 0. The summed E-state index contributed by atoms with van der Waals surface area (Å²) in [5.41, 5.74) is 5.96. The van der Waals surface area contributed by atoms with E-state index in [0.29, 0.717) is 18.5 Å². The molecule has 1 amide bonds. The number of nitro benzene ring substituents is 1. The highest BCUT2D eigenvalue weighted by atomic mass is 16.6. The van der Waals surface area contributed by atoms with Gasteiger partial charge in [0.25, 0.3) is 5.69 Å². The first-order chi connectivity index (χ1) is 9.97. The second-order valence-corrected chi connectivity index (χ2v) is 5.74. The molecule has 7 heteroatoms. The molecule has 2 aliphatic rings. The van der Waals surface area contributed by atoms with Crippen LogP contribution in [0.4, 0.5) is 11.4 Å². The molecule has 21 heavy (non-hydrogen) atoms. The molecule has 2 saturated heterocycles. The third-order valence-electron chi connectivity index (χ3n) is 4.44. The topological polar surface area (TPSA) is 110 Å². The normalized spacial score (nSPS) is 27.7. The van der Waals surface area contributed by atoms with Gasteiger partial charge in [-0.1, -0.05) is 0 Å². The van der Waals surface area contributed by atoms with Crippen molar-refractivity contribution in [2.24, 2.45) is 5.73 Å². The lowest BCUT2D eigenvalue weighted by molar-refractivity contribution is -0.384. The maximum absolute atomic E-state index is 11.3. The van der Waals surface area contributed by atoms with Crippen molar-refractivity contribution in [2.75, 3.05) is 4.90 Å². The summed E-state index contributed by atoms with van der Waals surface area (Å²) < 4.78 is 0. The lowest BCUT2D eigenvalue weighted by atomic mass is 9.98. The fourth-order valence-electron chi connectivity index (χ4n) is 3.58. The molecule has 2 fully saturated rings. The molecule has 3 N–H and O–H groups in total. The zero-order valence-corrected chi connectivity index (χ0v) is 11.4. The maximum atomic E-state index is 11.3. The molecule has 2 atom stereocenters. The van der Waals surface area contributed by atoms with Gasteiger partial charge in [-0.2, -0.15) is 0 Å². The molecule has 1 aromatic carbocycles. The molecular weight excluding hydrogens is 274 g/mol. The largest absolute Gasteiger partial charge is 0.393 e. The molecule has 2 unspecified atom stereocenters. The number of primary amides is 1. The van der Waals surface area contributed by atoms with Crippen LogP contribution in [0.2, 0.25) is 0 Å². The third kappa shape index (κ3) is 2.33. The highest BCUT2D eigenvalue weighted by Crippen LogP contribution is 2.43. The summed E-state index contributed by atoms with van der Waals surface area (Å²) in [4.78, 5) is 24.2. The standard InChI is InChI=1S/C14H17N3O4/c15-14(19)8-1-4-12(17(20)21)13(5-8)16-9-2-3-10(16)7-11(18)6-9/h1,4-5,9-11,18H,2-3,6-7H2,(H2,15,19). The fourth-order valence-corrected chi connectivity index (χ4v) is 3.58. The number of nitrogens with two attached hydrogens (primary N) is 1. The van der Waals surface area contributed by atoms with E-state index in [-0.39, 0.29) is 29.4 Å². The van der Waals surface area contributed by atoms with Gasteiger partial charge in [0, 0.05) is 23.7 Å². The Morgan fingerprint density at radius 1 is 1.33 bits per heavy atom. The molecule has 0 radical (unpaired) electrons. The van der Waals surface area contributed by atoms with Crippen LogP contribution in [0, 0.1) is 10.1 Å². The average Bonchev–Trinajstić information content (AvgIpc) is 2.69. The Labute approximate surface area is 121 Å². The lowest BCUT2D eigenvalue weighted by Gasteiger charge is -2.38. The Bertz CT molecular complexity index is 590. The summed E-state index contributed by atoms with van der Waals surface area (Å²) in [5, 5.41) is 21.1. The van der Waals surface area contributed by atoms with Crippen molar-refractivity contribution in [1.29, 1.82) is 0 Å². The number of rotatable bonds is 3. The van der Waals surface area contributed by atoms with E-state index in [1.54, 1.807) is 0 Å². The van der Waals surface area contributed by atoms with Gasteiger partial charge in [-0.15, -0.1) is 0 Å². The van der Waals surface area contributed by atoms with Crippen LogP contribution in [0.15, 0.2) is 18.2 Å². The van der Waals surface area contributed by atoms with Crippen LogP contribution in [0.5, 0.6) is 0 Å². The van der Waals surface area contributed by atoms with E-state index >= 15 is 0 Å². The fraction of sp³-hybridized carbons (Fsp3) is 0.500. The first-order valence-electron chi connectivity index (χ1n) is 7.02. The molecule has 3 rings (SSSR count). The minimum absolute atomic E-state index is 0.0201. The van der Waals surface area contributed by atoms with Crippen molar-refractivity contribution < 1.29 is 14.8 Å². The molecule has 0 aromatic heterocycles. The Kier molecular flexibility index (Phi) is 3.29. The van der Waals surface area contributed by atoms with Gasteiger partial charge in [-0.3, -0.25) is 14.9 Å². The number of nitrogens with zero attached hydrogens (tertiary/aromatic N) is 2. The van der Waals surface area contributed by atoms with Crippen molar-refractivity contribution in [2.45, 2.75) is 43.9 Å². The number of amides is 1. The summed E-state index contributed by atoms with van der Waals surface area (Å²) in [6, 6.07) is 4.38. The molecule has 2 aliphatic heterocycles. The van der Waals surface area contributed by atoms with E-state index < -0.39 is 10.8 Å². The van der Waals surface area contributed by atoms with Gasteiger partial charge in [0.15, 0.2) is 0 Å². The number of anilines is 1. The highest BCUT2D eigenvalue weighted by molar-refractivity contribution is 5.94. The molecule has 0 spiro atoms. The van der Waals surface area contributed by atoms with Gasteiger partial charge in [-0.05, 0) is 37.8 Å². The lowest BCUT2D eigenvalue weighted by Crippen LogP contribution is -2.45. The SMILES string of the molecule is NC(=O)c1ccc([N+](=O)[O-])c(N2C3CCC2CC(O)C3)c1. The predicted octanol–water partition coefficient (Wildman–Crippen LogP) is 1.19. The number of carbonyl (C=O) groups is 1. The van der Waals surface area contributed by atoms with Gasteiger partial charge in [0.2, 0.25) is 5.91 Å². The van der Waals surface area contributed by atoms with Crippen molar-refractivity contribution >= 4 is 17.3 Å². The Morgan fingerprint density at radius 2 is 1.95 bits per heavy atom. The molecule has 2 heterocycles. The second kappa shape index (κ2) is 5.00. The van der Waals surface area contributed by atoms with Gasteiger partial charge < -0.3 is 15.7 Å². The van der Waals surface area contributed by atoms with Crippen molar-refractivity contribution in [3.63, 3.8) is 0 Å². The summed E-state index contributed by atoms with van der Waals surface area (Å²) in [7, 11) is 0. The number of piperidine rings is 1. The van der Waals surface area contributed by atoms with E-state index in [9.17, 15) is 20.0 Å². The van der Waals surface area contributed by atoms with Gasteiger partial charge in [0.1, 0.15) is 5.69 Å². The van der Waals surface area contributed by atoms with Gasteiger partial charge >= 0.3 is 0 Å². The Hall–Kier alpha value is -2.15. The van der Waals surface area contributed by atoms with Crippen molar-refractivity contribution in [3.8, 4) is 0 Å². The smallest absolute Gasteiger partial charge is 0.292 e. The van der Waals surface area contributed by atoms with Crippen LogP contribution in [0.3, 0.4) is 0 Å². The van der Waals surface area contributed by atoms with Gasteiger partial charge in [-0.25, -0.2) is 0 Å². The highest BCUT2D eigenvalue weighted by Gasteiger charge is 2.42. The number of nitro groups is 1. The predicted molar refractivity (Wildman–Crippen MR) is 76.1 cm³/mol. The second-order valence-electron chi connectivity index (χ2n) is 5.74. The summed E-state index contributed by atoms with van der Waals surface area (Å²) in [6.07, 6.45) is 2.67. The third-order valence-corrected chi connectivity index (χ3v) is 4.44. The average molecular weight is 291 g/mol. The van der Waals surface area contributed by atoms with Crippen LogP contribution in [-0.2, 0) is 0 Å². The molecule has 2 bridgehead atoms. The minimum Gasteiger partial charge on any atom is -0.393 e. The number of hydrogen-bond donors (Lipinski definition) is 2. The van der Waals surface area contributed by atoms with E-state index in [2.05, 4.69) is 0 Å². The molecule has 0 aliphatic carbocycles. The maximum Gasteiger partial charge on any atom is 0.292 e. The summed E-state index contributed by atoms with van der Waals surface area (Å²) in [5.74, 6) is -0.601. The molecular formula is C14H17N3O4. The molecule has 7 nitrogen and oxygen atoms in total. The van der Waals surface area contributed by atoms with E-state index in [1.807, 2.05) is 4.90 Å². The number of fused-ring (bicyclic) bond motifs is 2. The van der Waals surface area contributed by atoms with Crippen LogP contribution in [-0.4, -0.2) is 34.1 Å².